The van der Waals surface area contributed by atoms with Crippen LogP contribution in [-0.2, 0) is 12.0 Å². The second kappa shape index (κ2) is 6.01. The Kier molecular flexibility index (Phi) is 4.58. The summed E-state index contributed by atoms with van der Waals surface area (Å²) in [6.07, 6.45) is 4.77. The van der Waals surface area contributed by atoms with Crippen molar-refractivity contribution < 1.29 is 4.52 Å². The Hall–Kier alpha value is -0.940. The number of hydrogen-bond acceptors (Lipinski definition) is 5. The van der Waals surface area contributed by atoms with E-state index in [2.05, 4.69) is 35.8 Å². The van der Waals surface area contributed by atoms with Crippen LogP contribution in [0.25, 0.3) is 0 Å². The fourth-order valence-corrected chi connectivity index (χ4v) is 2.69. The molecule has 1 aromatic rings. The van der Waals surface area contributed by atoms with Crippen molar-refractivity contribution >= 4 is 0 Å². The minimum atomic E-state index is -0.418. The summed E-state index contributed by atoms with van der Waals surface area (Å²) in [6.45, 7) is 8.69. The van der Waals surface area contributed by atoms with Crippen LogP contribution in [0.15, 0.2) is 4.52 Å². The Labute approximate surface area is 115 Å². The van der Waals surface area contributed by atoms with Gasteiger partial charge in [-0.3, -0.25) is 0 Å². The Balaban J connectivity index is 2.08. The molecule has 2 heterocycles. The molecule has 108 valence electrons. The van der Waals surface area contributed by atoms with Crippen LogP contribution in [0.3, 0.4) is 0 Å². The van der Waals surface area contributed by atoms with Gasteiger partial charge in [0, 0.05) is 19.0 Å². The Morgan fingerprint density at radius 3 is 2.84 bits per heavy atom. The van der Waals surface area contributed by atoms with E-state index in [1.165, 1.54) is 0 Å². The van der Waals surface area contributed by atoms with Gasteiger partial charge in [0.25, 0.3) is 0 Å². The predicted octanol–water partition coefficient (Wildman–Crippen LogP) is 2.07. The van der Waals surface area contributed by atoms with E-state index in [4.69, 9.17) is 10.3 Å². The predicted molar refractivity (Wildman–Crippen MR) is 74.7 cm³/mol. The molecule has 0 radical (unpaired) electrons. The topological polar surface area (TPSA) is 68.2 Å². The number of nitrogens with zero attached hydrogens (tertiary/aromatic N) is 3. The smallest absolute Gasteiger partial charge is 0.226 e. The van der Waals surface area contributed by atoms with E-state index in [1.54, 1.807) is 0 Å². The van der Waals surface area contributed by atoms with E-state index in [-0.39, 0.29) is 0 Å². The third kappa shape index (κ3) is 3.34. The van der Waals surface area contributed by atoms with Crippen LogP contribution in [0.5, 0.6) is 0 Å². The van der Waals surface area contributed by atoms with Crippen molar-refractivity contribution in [2.24, 2.45) is 5.73 Å². The van der Waals surface area contributed by atoms with Gasteiger partial charge in [-0.25, -0.2) is 0 Å². The summed E-state index contributed by atoms with van der Waals surface area (Å²) in [7, 11) is 0. The maximum Gasteiger partial charge on any atom is 0.226 e. The SMILES string of the molecule is CCCc1nc(C2(N)CCCN(C(C)C)CC2)no1. The molecule has 1 unspecified atom stereocenters. The van der Waals surface area contributed by atoms with Crippen molar-refractivity contribution in [3.8, 4) is 0 Å². The molecule has 0 aliphatic carbocycles. The average Bonchev–Trinajstić information content (AvgIpc) is 2.73. The molecule has 2 N–H and O–H groups in total. The van der Waals surface area contributed by atoms with E-state index in [9.17, 15) is 0 Å². The molecule has 5 nitrogen and oxygen atoms in total. The van der Waals surface area contributed by atoms with Crippen molar-refractivity contribution in [2.45, 2.75) is 64.5 Å². The molecular formula is C14H26N4O. The minimum absolute atomic E-state index is 0.418. The molecule has 1 fully saturated rings. The quantitative estimate of drug-likeness (QED) is 0.903. The van der Waals surface area contributed by atoms with Gasteiger partial charge in [-0.1, -0.05) is 12.1 Å². The highest BCUT2D eigenvalue weighted by Crippen LogP contribution is 2.29. The van der Waals surface area contributed by atoms with Gasteiger partial charge in [-0.2, -0.15) is 4.98 Å². The number of likely N-dealkylation sites (tertiary alicyclic amines) is 1. The molecule has 2 rings (SSSR count). The highest BCUT2D eigenvalue weighted by atomic mass is 16.5. The summed E-state index contributed by atoms with van der Waals surface area (Å²) in [5, 5.41) is 4.11. The highest BCUT2D eigenvalue weighted by molar-refractivity contribution is 5.05. The Morgan fingerprint density at radius 2 is 2.16 bits per heavy atom. The fraction of sp³-hybridized carbons (Fsp3) is 0.857. The second-order valence-corrected chi connectivity index (χ2v) is 5.90. The average molecular weight is 266 g/mol. The first-order valence-corrected chi connectivity index (χ1v) is 7.41. The van der Waals surface area contributed by atoms with Crippen LogP contribution in [0.1, 0.15) is 58.2 Å². The van der Waals surface area contributed by atoms with Crippen molar-refractivity contribution in [2.75, 3.05) is 13.1 Å². The van der Waals surface area contributed by atoms with Gasteiger partial charge in [0.05, 0.1) is 5.54 Å². The lowest BCUT2D eigenvalue weighted by Gasteiger charge is -2.26. The lowest BCUT2D eigenvalue weighted by molar-refractivity contribution is 0.223. The first kappa shape index (κ1) is 14.5. The summed E-state index contributed by atoms with van der Waals surface area (Å²) < 4.78 is 5.28. The van der Waals surface area contributed by atoms with E-state index in [0.29, 0.717) is 17.8 Å². The van der Waals surface area contributed by atoms with Crippen LogP contribution in [0, 0.1) is 0 Å². The zero-order chi connectivity index (χ0) is 13.9. The summed E-state index contributed by atoms with van der Waals surface area (Å²) in [6, 6.07) is 0.572. The number of rotatable bonds is 4. The molecule has 1 atom stereocenters. The lowest BCUT2D eigenvalue weighted by atomic mass is 9.91. The molecule has 1 aliphatic heterocycles. The molecule has 5 heteroatoms. The first-order valence-electron chi connectivity index (χ1n) is 7.41. The van der Waals surface area contributed by atoms with E-state index in [0.717, 1.165) is 45.2 Å². The van der Waals surface area contributed by atoms with E-state index >= 15 is 0 Å². The molecule has 0 spiro atoms. The summed E-state index contributed by atoms with van der Waals surface area (Å²) in [4.78, 5) is 6.96. The van der Waals surface area contributed by atoms with Crippen LogP contribution in [0.2, 0.25) is 0 Å². The van der Waals surface area contributed by atoms with Crippen molar-refractivity contribution in [3.05, 3.63) is 11.7 Å². The number of nitrogens with two attached hydrogens (primary N) is 1. The fourth-order valence-electron chi connectivity index (χ4n) is 2.69. The van der Waals surface area contributed by atoms with Crippen molar-refractivity contribution in [1.29, 1.82) is 0 Å². The monoisotopic (exact) mass is 266 g/mol. The van der Waals surface area contributed by atoms with Gasteiger partial charge in [0.15, 0.2) is 5.82 Å². The molecule has 0 saturated carbocycles. The number of hydrogen-bond donors (Lipinski definition) is 1. The molecule has 0 amide bonds. The van der Waals surface area contributed by atoms with Crippen LogP contribution < -0.4 is 5.73 Å². The third-order valence-electron chi connectivity index (χ3n) is 4.02. The Bertz CT molecular complexity index is 404. The summed E-state index contributed by atoms with van der Waals surface area (Å²) in [5.74, 6) is 1.41. The molecule has 1 saturated heterocycles. The van der Waals surface area contributed by atoms with E-state index < -0.39 is 5.54 Å². The van der Waals surface area contributed by atoms with Gasteiger partial charge in [0.2, 0.25) is 5.89 Å². The molecule has 19 heavy (non-hydrogen) atoms. The normalized spacial score (nSPS) is 25.7. The molecule has 0 bridgehead atoms. The Morgan fingerprint density at radius 1 is 1.37 bits per heavy atom. The molecule has 1 aromatic heterocycles. The van der Waals surface area contributed by atoms with Crippen LogP contribution >= 0.6 is 0 Å². The standard InChI is InChI=1S/C14H26N4O/c1-4-6-12-16-13(17-19-12)14(15)7-5-9-18(10-8-14)11(2)3/h11H,4-10,15H2,1-3H3. The lowest BCUT2D eigenvalue weighted by Crippen LogP contribution is -2.39. The molecule has 0 aromatic carbocycles. The van der Waals surface area contributed by atoms with Gasteiger partial charge >= 0.3 is 0 Å². The zero-order valence-electron chi connectivity index (χ0n) is 12.4. The van der Waals surface area contributed by atoms with Crippen LogP contribution in [-0.4, -0.2) is 34.2 Å². The zero-order valence-corrected chi connectivity index (χ0v) is 12.4. The number of aromatic nitrogens is 2. The maximum absolute atomic E-state index is 6.54. The maximum atomic E-state index is 6.54. The van der Waals surface area contributed by atoms with E-state index in [1.807, 2.05) is 0 Å². The van der Waals surface area contributed by atoms with Gasteiger partial charge < -0.3 is 15.2 Å². The summed E-state index contributed by atoms with van der Waals surface area (Å²) >= 11 is 0. The van der Waals surface area contributed by atoms with Crippen LogP contribution in [0.4, 0.5) is 0 Å². The van der Waals surface area contributed by atoms with Gasteiger partial charge in [0.1, 0.15) is 0 Å². The second-order valence-electron chi connectivity index (χ2n) is 5.90. The molecular weight excluding hydrogens is 240 g/mol. The third-order valence-corrected chi connectivity index (χ3v) is 4.02. The van der Waals surface area contributed by atoms with Gasteiger partial charge in [-0.05, 0) is 46.1 Å². The highest BCUT2D eigenvalue weighted by Gasteiger charge is 2.35. The van der Waals surface area contributed by atoms with Gasteiger partial charge in [-0.15, -0.1) is 0 Å². The first-order chi connectivity index (χ1) is 9.05. The summed E-state index contributed by atoms with van der Waals surface area (Å²) in [5.41, 5.74) is 6.12. The number of aryl methyl sites for hydroxylation is 1. The van der Waals surface area contributed by atoms with Crippen molar-refractivity contribution in [3.63, 3.8) is 0 Å². The minimum Gasteiger partial charge on any atom is -0.339 e. The molecule has 1 aliphatic rings. The largest absolute Gasteiger partial charge is 0.339 e. The van der Waals surface area contributed by atoms with Crippen molar-refractivity contribution in [1.82, 2.24) is 15.0 Å².